The van der Waals surface area contributed by atoms with E-state index in [1.54, 1.807) is 4.68 Å². The molecule has 0 spiro atoms. The first-order chi connectivity index (χ1) is 10.2. The lowest BCUT2D eigenvalue weighted by Crippen LogP contribution is -2.62. The predicted molar refractivity (Wildman–Crippen MR) is 84.2 cm³/mol. The minimum absolute atomic E-state index is 0.00775. The van der Waals surface area contributed by atoms with E-state index in [0.717, 1.165) is 30.8 Å². The monoisotopic (exact) mass is 306 g/mol. The fraction of sp³-hybridized carbons (Fsp3) is 0.750. The van der Waals surface area contributed by atoms with Crippen LogP contribution in [0.25, 0.3) is 0 Å². The topological polar surface area (TPSA) is 68.2 Å². The minimum Gasteiger partial charge on any atom is -0.476 e. The summed E-state index contributed by atoms with van der Waals surface area (Å²) < 4.78 is 7.30. The number of rotatable bonds is 2. The molecule has 6 heteroatoms. The second-order valence-corrected chi connectivity index (χ2v) is 7.82. The number of piperidine rings is 1. The molecule has 1 saturated heterocycles. The van der Waals surface area contributed by atoms with Crippen molar-refractivity contribution in [2.45, 2.75) is 71.1 Å². The highest BCUT2D eigenvalue weighted by Crippen LogP contribution is 2.29. The summed E-state index contributed by atoms with van der Waals surface area (Å²) in [5.41, 5.74) is 1.34. The van der Waals surface area contributed by atoms with Crippen LogP contribution in [0.2, 0.25) is 0 Å². The lowest BCUT2D eigenvalue weighted by atomic mass is 9.79. The highest BCUT2D eigenvalue weighted by Gasteiger charge is 2.38. The van der Waals surface area contributed by atoms with Crippen molar-refractivity contribution in [2.24, 2.45) is 0 Å². The van der Waals surface area contributed by atoms with Gasteiger partial charge in [0.2, 0.25) is 5.88 Å². The van der Waals surface area contributed by atoms with E-state index in [1.165, 1.54) is 0 Å². The summed E-state index contributed by atoms with van der Waals surface area (Å²) in [6, 6.07) is 0.149. The van der Waals surface area contributed by atoms with Gasteiger partial charge in [-0.15, -0.1) is 0 Å². The van der Waals surface area contributed by atoms with Gasteiger partial charge in [-0.25, -0.2) is 4.68 Å². The maximum atomic E-state index is 12.6. The zero-order valence-electron chi connectivity index (χ0n) is 14.1. The van der Waals surface area contributed by atoms with E-state index >= 15 is 0 Å². The normalized spacial score (nSPS) is 23.0. The Kier molecular flexibility index (Phi) is 3.47. The van der Waals surface area contributed by atoms with Crippen molar-refractivity contribution in [1.82, 2.24) is 20.4 Å². The molecule has 2 aliphatic heterocycles. The molecule has 3 rings (SSSR count). The van der Waals surface area contributed by atoms with Crippen LogP contribution in [0.15, 0.2) is 0 Å². The number of nitrogens with one attached hydrogen (secondary N) is 2. The van der Waals surface area contributed by atoms with Crippen LogP contribution in [-0.4, -0.2) is 39.4 Å². The van der Waals surface area contributed by atoms with E-state index in [9.17, 15) is 4.79 Å². The predicted octanol–water partition coefficient (Wildman–Crippen LogP) is 1.62. The van der Waals surface area contributed by atoms with Crippen LogP contribution < -0.4 is 15.4 Å². The van der Waals surface area contributed by atoms with Gasteiger partial charge in [-0.1, -0.05) is 0 Å². The van der Waals surface area contributed by atoms with Crippen LogP contribution >= 0.6 is 0 Å². The number of carbonyl (C=O) groups excluding carboxylic acids is 1. The van der Waals surface area contributed by atoms with E-state index < -0.39 is 0 Å². The van der Waals surface area contributed by atoms with E-state index in [0.29, 0.717) is 12.3 Å². The molecule has 1 amide bonds. The van der Waals surface area contributed by atoms with Gasteiger partial charge in [0.15, 0.2) is 5.69 Å². The molecule has 0 unspecified atom stereocenters. The van der Waals surface area contributed by atoms with Crippen LogP contribution in [0.3, 0.4) is 0 Å². The minimum atomic E-state index is -0.0958. The third-order valence-electron chi connectivity index (χ3n) is 4.41. The van der Waals surface area contributed by atoms with Gasteiger partial charge in [0, 0.05) is 22.7 Å². The number of ether oxygens (including phenoxy) is 1. The zero-order chi connectivity index (χ0) is 16.1. The van der Waals surface area contributed by atoms with Gasteiger partial charge in [0.25, 0.3) is 5.91 Å². The number of hydrogen-bond acceptors (Lipinski definition) is 4. The Labute approximate surface area is 131 Å². The lowest BCUT2D eigenvalue weighted by Gasteiger charge is -2.46. The smallest absolute Gasteiger partial charge is 0.272 e. The summed E-state index contributed by atoms with van der Waals surface area (Å²) in [6.45, 7) is 12.0. The Morgan fingerprint density at radius 1 is 1.32 bits per heavy atom. The van der Waals surface area contributed by atoms with Crippen LogP contribution in [0.5, 0.6) is 5.88 Å². The van der Waals surface area contributed by atoms with Crippen LogP contribution in [0.1, 0.15) is 56.6 Å². The fourth-order valence-electron chi connectivity index (χ4n) is 3.99. The summed E-state index contributed by atoms with van der Waals surface area (Å²) in [5, 5.41) is 11.2. The lowest BCUT2D eigenvalue weighted by molar-refractivity contribution is 0.0866. The molecule has 1 aromatic heterocycles. The zero-order valence-corrected chi connectivity index (χ0v) is 14.1. The highest BCUT2D eigenvalue weighted by molar-refractivity contribution is 5.94. The summed E-state index contributed by atoms with van der Waals surface area (Å²) in [6.07, 6.45) is 1.82. The number of hydrogen-bond donors (Lipinski definition) is 2. The third-order valence-corrected chi connectivity index (χ3v) is 4.41. The number of nitrogens with zero attached hydrogens (tertiary/aromatic N) is 2. The second kappa shape index (κ2) is 4.98. The molecular formula is C16H26N4O2. The molecule has 0 aromatic carbocycles. The van der Waals surface area contributed by atoms with E-state index in [4.69, 9.17) is 4.74 Å². The summed E-state index contributed by atoms with van der Waals surface area (Å²) in [5.74, 6) is 0.637. The van der Waals surface area contributed by atoms with Crippen molar-refractivity contribution in [3.05, 3.63) is 11.3 Å². The summed E-state index contributed by atoms with van der Waals surface area (Å²) in [7, 11) is 0. The molecule has 1 fully saturated rings. The van der Waals surface area contributed by atoms with Crippen LogP contribution in [-0.2, 0) is 6.54 Å². The third kappa shape index (κ3) is 2.84. The van der Waals surface area contributed by atoms with Crippen molar-refractivity contribution in [1.29, 1.82) is 0 Å². The molecule has 0 radical (unpaired) electrons. The number of fused-ring (bicyclic) bond motifs is 1. The van der Waals surface area contributed by atoms with Gasteiger partial charge in [-0.2, -0.15) is 5.10 Å². The molecule has 6 nitrogen and oxygen atoms in total. The van der Waals surface area contributed by atoms with Gasteiger partial charge in [-0.3, -0.25) is 4.79 Å². The van der Waals surface area contributed by atoms with E-state index in [-0.39, 0.29) is 23.0 Å². The summed E-state index contributed by atoms with van der Waals surface area (Å²) in [4.78, 5) is 12.6. The van der Waals surface area contributed by atoms with Crippen molar-refractivity contribution in [2.75, 3.05) is 6.61 Å². The van der Waals surface area contributed by atoms with Crippen molar-refractivity contribution < 1.29 is 9.53 Å². The van der Waals surface area contributed by atoms with Gasteiger partial charge < -0.3 is 15.4 Å². The largest absolute Gasteiger partial charge is 0.476 e. The average molecular weight is 306 g/mol. The van der Waals surface area contributed by atoms with E-state index in [1.807, 2.05) is 6.92 Å². The molecule has 0 aliphatic carbocycles. The van der Waals surface area contributed by atoms with Gasteiger partial charge in [-0.05, 0) is 47.5 Å². The first-order valence-electron chi connectivity index (χ1n) is 7.97. The van der Waals surface area contributed by atoms with Gasteiger partial charge in [0.05, 0.1) is 6.54 Å². The van der Waals surface area contributed by atoms with Crippen molar-refractivity contribution in [3.8, 4) is 5.88 Å². The Balaban J connectivity index is 1.74. The maximum Gasteiger partial charge on any atom is 0.272 e. The molecule has 0 bridgehead atoms. The molecule has 0 atom stereocenters. The Hall–Kier alpha value is -1.56. The first-order valence-corrected chi connectivity index (χ1v) is 7.97. The molecule has 3 heterocycles. The molecule has 1 aromatic rings. The first kappa shape index (κ1) is 15.3. The molecule has 22 heavy (non-hydrogen) atoms. The Morgan fingerprint density at radius 3 is 2.55 bits per heavy atom. The summed E-state index contributed by atoms with van der Waals surface area (Å²) >= 11 is 0. The second-order valence-electron chi connectivity index (χ2n) is 7.82. The molecule has 122 valence electrons. The quantitative estimate of drug-likeness (QED) is 0.871. The fourth-order valence-corrected chi connectivity index (χ4v) is 3.99. The Morgan fingerprint density at radius 2 is 1.95 bits per heavy atom. The highest BCUT2D eigenvalue weighted by atomic mass is 16.5. The van der Waals surface area contributed by atoms with E-state index in [2.05, 4.69) is 43.4 Å². The molecule has 0 saturated carbocycles. The van der Waals surface area contributed by atoms with Gasteiger partial charge in [0.1, 0.15) is 6.61 Å². The number of aromatic nitrogens is 2. The van der Waals surface area contributed by atoms with Crippen molar-refractivity contribution in [3.63, 3.8) is 0 Å². The molecular weight excluding hydrogens is 280 g/mol. The Bertz CT molecular complexity index is 588. The molecule has 2 aliphatic rings. The standard InChI is InChI=1S/C16H26N4O2/c1-10-12(18-20-6-7-22-14(10)20)13(21)17-11-8-15(2,3)19-16(4,5)9-11/h11,19H,6-9H2,1-5H3,(H,17,21). The number of amides is 1. The van der Waals surface area contributed by atoms with Gasteiger partial charge >= 0.3 is 0 Å². The SMILES string of the molecule is Cc1c(C(=O)NC2CC(C)(C)NC(C)(C)C2)nn2c1OCC2. The maximum absolute atomic E-state index is 12.6. The molecule has 2 N–H and O–H groups in total. The average Bonchev–Trinajstić information content (AvgIpc) is 2.88. The van der Waals surface area contributed by atoms with Crippen LogP contribution in [0, 0.1) is 6.92 Å². The van der Waals surface area contributed by atoms with Crippen molar-refractivity contribution >= 4 is 5.91 Å². The number of carbonyl (C=O) groups is 1. The van der Waals surface area contributed by atoms with Crippen LogP contribution in [0.4, 0.5) is 0 Å².